The summed E-state index contributed by atoms with van der Waals surface area (Å²) in [7, 11) is -3.78. The minimum Gasteiger partial charge on any atom is -0.462 e. The van der Waals surface area contributed by atoms with Crippen LogP contribution in [0.5, 0.6) is 0 Å². The number of rotatable bonds is 6. The number of aryl methyl sites for hydroxylation is 1. The van der Waals surface area contributed by atoms with Gasteiger partial charge in [-0.1, -0.05) is 13.3 Å². The second-order valence-corrected chi connectivity index (χ2v) is 7.53. The SMILES string of the molecule is CCCn1nc(S(=O)(=O)N2CCCCC2)c(C(=O)OCC)c1C. The molecule has 0 amide bonds. The highest BCUT2D eigenvalue weighted by Crippen LogP contribution is 2.25. The van der Waals surface area contributed by atoms with E-state index >= 15 is 0 Å². The Morgan fingerprint density at radius 2 is 1.87 bits per heavy atom. The molecule has 1 aromatic rings. The maximum atomic E-state index is 12.9. The molecule has 0 aliphatic carbocycles. The average Bonchev–Trinajstić information content (AvgIpc) is 2.86. The fraction of sp³-hybridized carbons (Fsp3) is 0.733. The first-order valence-corrected chi connectivity index (χ1v) is 9.62. The lowest BCUT2D eigenvalue weighted by atomic mass is 10.2. The van der Waals surface area contributed by atoms with Crippen molar-refractivity contribution in [2.75, 3.05) is 19.7 Å². The fourth-order valence-corrected chi connectivity index (χ4v) is 4.47. The van der Waals surface area contributed by atoms with Crippen LogP contribution in [-0.4, -0.2) is 48.2 Å². The summed E-state index contributed by atoms with van der Waals surface area (Å²) in [5, 5.41) is 4.07. The molecule has 0 saturated carbocycles. The monoisotopic (exact) mass is 343 g/mol. The zero-order valence-corrected chi connectivity index (χ0v) is 14.9. The van der Waals surface area contributed by atoms with Crippen LogP contribution in [-0.2, 0) is 21.3 Å². The third-order valence-electron chi connectivity index (χ3n) is 3.99. The number of aromatic nitrogens is 2. The molecule has 0 radical (unpaired) electrons. The Hall–Kier alpha value is -1.41. The van der Waals surface area contributed by atoms with Gasteiger partial charge in [-0.05, 0) is 33.1 Å². The van der Waals surface area contributed by atoms with Crippen LogP contribution in [0.15, 0.2) is 5.03 Å². The molecule has 1 aliphatic heterocycles. The van der Waals surface area contributed by atoms with Crippen molar-refractivity contribution in [1.82, 2.24) is 14.1 Å². The number of carbonyl (C=O) groups is 1. The normalized spacial score (nSPS) is 16.5. The van der Waals surface area contributed by atoms with E-state index in [0.717, 1.165) is 25.7 Å². The first-order valence-electron chi connectivity index (χ1n) is 8.18. The molecule has 130 valence electrons. The van der Waals surface area contributed by atoms with Crippen molar-refractivity contribution in [3.8, 4) is 0 Å². The fourth-order valence-electron chi connectivity index (χ4n) is 2.79. The van der Waals surface area contributed by atoms with Crippen LogP contribution >= 0.6 is 0 Å². The molecule has 0 spiro atoms. The van der Waals surface area contributed by atoms with E-state index in [1.165, 1.54) is 4.31 Å². The van der Waals surface area contributed by atoms with Crippen LogP contribution < -0.4 is 0 Å². The first kappa shape index (κ1) is 17.9. The predicted molar refractivity (Wildman–Crippen MR) is 85.8 cm³/mol. The molecular formula is C15H25N3O4S. The standard InChI is InChI=1S/C15H25N3O4S/c1-4-9-18-12(3)13(15(19)22-5-2)14(16-18)23(20,21)17-10-7-6-8-11-17/h4-11H2,1-3H3. The van der Waals surface area contributed by atoms with Gasteiger partial charge in [-0.3, -0.25) is 4.68 Å². The van der Waals surface area contributed by atoms with E-state index in [4.69, 9.17) is 4.74 Å². The van der Waals surface area contributed by atoms with E-state index in [0.29, 0.717) is 25.3 Å². The van der Waals surface area contributed by atoms with Gasteiger partial charge in [-0.2, -0.15) is 9.40 Å². The summed E-state index contributed by atoms with van der Waals surface area (Å²) in [4.78, 5) is 12.3. The highest BCUT2D eigenvalue weighted by Gasteiger charge is 2.35. The van der Waals surface area contributed by atoms with Crippen LogP contribution in [0.4, 0.5) is 0 Å². The topological polar surface area (TPSA) is 81.5 Å². The second kappa shape index (κ2) is 7.44. The van der Waals surface area contributed by atoms with E-state index < -0.39 is 16.0 Å². The Bertz CT molecular complexity index is 661. The van der Waals surface area contributed by atoms with Crippen molar-refractivity contribution < 1.29 is 17.9 Å². The number of nitrogens with zero attached hydrogens (tertiary/aromatic N) is 3. The molecule has 0 N–H and O–H groups in total. The number of esters is 1. The van der Waals surface area contributed by atoms with Crippen molar-refractivity contribution in [3.63, 3.8) is 0 Å². The van der Waals surface area contributed by atoms with E-state index in [1.807, 2.05) is 6.92 Å². The molecule has 2 heterocycles. The van der Waals surface area contributed by atoms with Crippen molar-refractivity contribution >= 4 is 16.0 Å². The maximum Gasteiger partial charge on any atom is 0.343 e. The lowest BCUT2D eigenvalue weighted by Gasteiger charge is -2.25. The maximum absolute atomic E-state index is 12.9. The number of piperidine rings is 1. The van der Waals surface area contributed by atoms with Gasteiger partial charge in [0.15, 0.2) is 0 Å². The summed E-state index contributed by atoms with van der Waals surface area (Å²) in [5.74, 6) is -0.622. The van der Waals surface area contributed by atoms with Gasteiger partial charge >= 0.3 is 5.97 Å². The zero-order chi connectivity index (χ0) is 17.0. The van der Waals surface area contributed by atoms with E-state index in [9.17, 15) is 13.2 Å². The summed E-state index contributed by atoms with van der Waals surface area (Å²) < 4.78 is 33.9. The Morgan fingerprint density at radius 1 is 1.22 bits per heavy atom. The molecule has 0 unspecified atom stereocenters. The molecular weight excluding hydrogens is 318 g/mol. The Balaban J connectivity index is 2.50. The van der Waals surface area contributed by atoms with E-state index in [-0.39, 0.29) is 17.2 Å². The minimum absolute atomic E-state index is 0.0749. The number of hydrogen-bond acceptors (Lipinski definition) is 5. The highest BCUT2D eigenvalue weighted by atomic mass is 32.2. The molecule has 1 saturated heterocycles. The predicted octanol–water partition coefficient (Wildman–Crippen LogP) is 1.95. The largest absolute Gasteiger partial charge is 0.462 e. The smallest absolute Gasteiger partial charge is 0.343 e. The van der Waals surface area contributed by atoms with Gasteiger partial charge < -0.3 is 4.74 Å². The molecule has 1 aliphatic rings. The molecule has 0 atom stereocenters. The van der Waals surface area contributed by atoms with Crippen molar-refractivity contribution in [2.45, 2.75) is 58.0 Å². The number of ether oxygens (including phenoxy) is 1. The van der Waals surface area contributed by atoms with E-state index in [2.05, 4.69) is 5.10 Å². The molecule has 1 aromatic heterocycles. The molecule has 2 rings (SSSR count). The Labute approximate surface area is 137 Å². The van der Waals surface area contributed by atoms with Crippen LogP contribution in [0, 0.1) is 6.92 Å². The Morgan fingerprint density at radius 3 is 2.43 bits per heavy atom. The summed E-state index contributed by atoms with van der Waals surface area (Å²) in [6, 6.07) is 0. The van der Waals surface area contributed by atoms with Gasteiger partial charge in [0.1, 0.15) is 5.56 Å². The summed E-state index contributed by atoms with van der Waals surface area (Å²) in [6.07, 6.45) is 3.50. The van der Waals surface area contributed by atoms with Gasteiger partial charge in [-0.15, -0.1) is 0 Å². The molecule has 1 fully saturated rings. The van der Waals surface area contributed by atoms with Crippen molar-refractivity contribution in [2.24, 2.45) is 0 Å². The number of hydrogen-bond donors (Lipinski definition) is 0. The second-order valence-electron chi connectivity index (χ2n) is 5.67. The molecule has 0 aromatic carbocycles. The van der Waals surface area contributed by atoms with Gasteiger partial charge in [0.25, 0.3) is 10.0 Å². The minimum atomic E-state index is -3.78. The van der Waals surface area contributed by atoms with Crippen LogP contribution in [0.2, 0.25) is 0 Å². The third-order valence-corrected chi connectivity index (χ3v) is 5.81. The summed E-state index contributed by atoms with van der Waals surface area (Å²) >= 11 is 0. The molecule has 7 nitrogen and oxygen atoms in total. The third kappa shape index (κ3) is 3.58. The first-order chi connectivity index (χ1) is 10.9. The van der Waals surface area contributed by atoms with Crippen LogP contribution in [0.3, 0.4) is 0 Å². The van der Waals surface area contributed by atoms with Crippen molar-refractivity contribution in [1.29, 1.82) is 0 Å². The lowest BCUT2D eigenvalue weighted by Crippen LogP contribution is -2.36. The van der Waals surface area contributed by atoms with Gasteiger partial charge in [0, 0.05) is 19.6 Å². The van der Waals surface area contributed by atoms with Gasteiger partial charge in [0.2, 0.25) is 5.03 Å². The molecule has 8 heteroatoms. The lowest BCUT2D eigenvalue weighted by molar-refractivity contribution is 0.0520. The van der Waals surface area contributed by atoms with Gasteiger partial charge in [0.05, 0.1) is 12.3 Å². The highest BCUT2D eigenvalue weighted by molar-refractivity contribution is 7.89. The van der Waals surface area contributed by atoms with Crippen LogP contribution in [0.1, 0.15) is 55.6 Å². The van der Waals surface area contributed by atoms with Gasteiger partial charge in [-0.25, -0.2) is 13.2 Å². The molecule has 0 bridgehead atoms. The zero-order valence-electron chi connectivity index (χ0n) is 14.0. The summed E-state index contributed by atoms with van der Waals surface area (Å²) in [6.45, 7) is 7.10. The van der Waals surface area contributed by atoms with Crippen LogP contribution in [0.25, 0.3) is 0 Å². The number of sulfonamides is 1. The molecule has 23 heavy (non-hydrogen) atoms. The van der Waals surface area contributed by atoms with E-state index in [1.54, 1.807) is 18.5 Å². The number of carbonyl (C=O) groups excluding carboxylic acids is 1. The summed E-state index contributed by atoms with van der Waals surface area (Å²) in [5.41, 5.74) is 0.617. The average molecular weight is 343 g/mol. The van der Waals surface area contributed by atoms with Crippen molar-refractivity contribution in [3.05, 3.63) is 11.3 Å². The Kier molecular flexibility index (Phi) is 5.80. The quantitative estimate of drug-likeness (QED) is 0.738.